The monoisotopic (exact) mass is 626 g/mol. The van der Waals surface area contributed by atoms with Crippen molar-refractivity contribution in [3.05, 3.63) is 70.8 Å². The Bertz CT molecular complexity index is 1350. The molecule has 8 nitrogen and oxygen atoms in total. The van der Waals surface area contributed by atoms with Gasteiger partial charge in [0.25, 0.3) is 0 Å². The Morgan fingerprint density at radius 2 is 1.69 bits per heavy atom. The van der Waals surface area contributed by atoms with E-state index in [2.05, 4.69) is 15.6 Å². The van der Waals surface area contributed by atoms with Gasteiger partial charge in [-0.05, 0) is 68.1 Å². The van der Waals surface area contributed by atoms with Crippen molar-refractivity contribution in [2.24, 2.45) is 22.6 Å². The normalized spacial score (nSPS) is 18.2. The Morgan fingerprint density at radius 3 is 2.29 bits per heavy atom. The molecule has 2 aromatic rings. The Kier molecular flexibility index (Phi) is 11.6. The Hall–Kier alpha value is -3.89. The number of alkyl halides is 3. The van der Waals surface area contributed by atoms with Crippen LogP contribution in [0.4, 0.5) is 13.2 Å². The number of amidine groups is 2. The Balaban J connectivity index is 1.55. The van der Waals surface area contributed by atoms with Crippen molar-refractivity contribution < 1.29 is 22.8 Å². The second-order valence-corrected chi connectivity index (χ2v) is 12.3. The van der Waals surface area contributed by atoms with Gasteiger partial charge < -0.3 is 21.3 Å². The zero-order chi connectivity index (χ0) is 32.6. The molecule has 5 N–H and O–H groups in total. The third-order valence-corrected chi connectivity index (χ3v) is 9.22. The number of nitrogens with two attached hydrogens (primary N) is 1. The summed E-state index contributed by atoms with van der Waals surface area (Å²) in [5.41, 5.74) is 6.77. The number of aliphatic imine (C=N–C) groups is 1. The van der Waals surface area contributed by atoms with E-state index in [9.17, 15) is 22.8 Å². The first-order valence-electron chi connectivity index (χ1n) is 15.8. The average Bonchev–Trinajstić information content (AvgIpc) is 3.05. The zero-order valence-electron chi connectivity index (χ0n) is 26.1. The maximum absolute atomic E-state index is 14.1. The highest BCUT2D eigenvalue weighted by Crippen LogP contribution is 2.33. The second-order valence-electron chi connectivity index (χ2n) is 12.3. The van der Waals surface area contributed by atoms with Crippen LogP contribution >= 0.6 is 0 Å². The molecule has 0 bridgehead atoms. The number of likely N-dealkylation sites (tertiary alicyclic amines) is 1. The number of hydrogen-bond donors (Lipinski definition) is 4. The van der Waals surface area contributed by atoms with Gasteiger partial charge in [0.2, 0.25) is 11.8 Å². The van der Waals surface area contributed by atoms with Crippen molar-refractivity contribution in [1.82, 2.24) is 15.5 Å². The highest BCUT2D eigenvalue weighted by Gasteiger charge is 2.35. The zero-order valence-corrected chi connectivity index (χ0v) is 26.1. The first-order chi connectivity index (χ1) is 21.5. The molecule has 45 heavy (non-hydrogen) atoms. The van der Waals surface area contributed by atoms with Crippen molar-refractivity contribution in [3.63, 3.8) is 0 Å². The van der Waals surface area contributed by atoms with Crippen LogP contribution in [0.1, 0.15) is 80.0 Å². The number of carbonyl (C=O) groups excluding carboxylic acids is 2. The molecule has 2 atom stereocenters. The Labute approximate surface area is 263 Å². The lowest BCUT2D eigenvalue weighted by Crippen LogP contribution is -2.53. The van der Waals surface area contributed by atoms with Crippen LogP contribution in [-0.4, -0.2) is 61.1 Å². The fourth-order valence-electron chi connectivity index (χ4n) is 6.42. The summed E-state index contributed by atoms with van der Waals surface area (Å²) >= 11 is 0. The van der Waals surface area contributed by atoms with E-state index in [1.165, 1.54) is 12.1 Å². The van der Waals surface area contributed by atoms with Crippen molar-refractivity contribution in [1.29, 1.82) is 5.41 Å². The molecular weight excluding hydrogens is 581 g/mol. The minimum atomic E-state index is -4.56. The number of piperidine rings is 1. The third-order valence-electron chi connectivity index (χ3n) is 9.22. The summed E-state index contributed by atoms with van der Waals surface area (Å²) in [5.74, 6) is -0.560. The summed E-state index contributed by atoms with van der Waals surface area (Å²) in [6.07, 6.45) is 1.89. The van der Waals surface area contributed by atoms with E-state index >= 15 is 0 Å². The summed E-state index contributed by atoms with van der Waals surface area (Å²) in [4.78, 5) is 33.7. The number of nitrogens with one attached hydrogen (secondary N) is 3. The lowest BCUT2D eigenvalue weighted by atomic mass is 9.82. The predicted octanol–water partition coefficient (Wildman–Crippen LogP) is 5.26. The lowest BCUT2D eigenvalue weighted by Gasteiger charge is -2.34. The first-order valence-corrected chi connectivity index (χ1v) is 15.8. The number of halogens is 3. The second kappa shape index (κ2) is 15.4. The largest absolute Gasteiger partial charge is 0.416 e. The molecule has 1 saturated heterocycles. The van der Waals surface area contributed by atoms with E-state index < -0.39 is 29.6 Å². The minimum absolute atomic E-state index is 0.0529. The lowest BCUT2D eigenvalue weighted by molar-refractivity contribution is -0.137. The topological polar surface area (TPSA) is 124 Å². The molecule has 1 heterocycles. The molecule has 244 valence electrons. The molecule has 2 amide bonds. The van der Waals surface area contributed by atoms with Gasteiger partial charge in [0.05, 0.1) is 17.3 Å². The summed E-state index contributed by atoms with van der Waals surface area (Å²) < 4.78 is 41.0. The van der Waals surface area contributed by atoms with Gasteiger partial charge in [-0.2, -0.15) is 13.2 Å². The number of carbonyl (C=O) groups is 2. The van der Waals surface area contributed by atoms with Crippen LogP contribution in [0.3, 0.4) is 0 Å². The highest BCUT2D eigenvalue weighted by molar-refractivity contribution is 5.97. The van der Waals surface area contributed by atoms with Crippen LogP contribution < -0.4 is 16.4 Å². The fraction of sp³-hybridized carbons (Fsp3) is 0.529. The molecule has 11 heteroatoms. The molecule has 0 spiro atoms. The van der Waals surface area contributed by atoms with Crippen molar-refractivity contribution in [2.75, 3.05) is 26.7 Å². The van der Waals surface area contributed by atoms with E-state index in [0.29, 0.717) is 23.8 Å². The van der Waals surface area contributed by atoms with Crippen LogP contribution in [0.15, 0.2) is 53.5 Å². The SMILES string of the molecule is CN=C(N)c1ccc(CC(C(=O)N[C@H](C(=O)NCC2CCN(C(C)=N)CC2)C2CCCCC2)c2cccc(C(F)(F)F)c2)cc1. The standard InChI is InChI=1S/C34H45F3N6O2/c1-22(38)43-17-15-24(16-18-43)21-41-33(45)30(25-7-4-3-5-8-25)42-32(44)29(27-9-6-10-28(20-27)34(35,36)37)19-23-11-13-26(14-12-23)31(39)40-2/h6,9-14,20,24-25,29-30,38H,3-5,7-8,15-19,21H2,1-2H3,(H2,39,40)(H,41,45)(H,42,44)/t29?,30-/m0/s1. The van der Waals surface area contributed by atoms with Gasteiger partial charge in [0, 0.05) is 32.2 Å². The van der Waals surface area contributed by atoms with E-state index in [1.54, 1.807) is 38.2 Å². The maximum atomic E-state index is 14.1. The number of hydrogen-bond acceptors (Lipinski definition) is 4. The van der Waals surface area contributed by atoms with Gasteiger partial charge in [-0.3, -0.25) is 20.0 Å². The average molecular weight is 627 g/mol. The van der Waals surface area contributed by atoms with Crippen LogP contribution in [0.2, 0.25) is 0 Å². The summed E-state index contributed by atoms with van der Waals surface area (Å²) in [5, 5.41) is 13.9. The van der Waals surface area contributed by atoms with Crippen molar-refractivity contribution in [2.45, 2.75) is 76.4 Å². The highest BCUT2D eigenvalue weighted by atomic mass is 19.4. The molecule has 1 aliphatic carbocycles. The summed E-state index contributed by atoms with van der Waals surface area (Å²) in [6.45, 7) is 3.81. The number of rotatable bonds is 10. The molecule has 1 aliphatic heterocycles. The molecular formula is C34H45F3N6O2. The first kappa shape index (κ1) is 34.0. The molecule has 2 aliphatic rings. The molecule has 0 radical (unpaired) electrons. The smallest absolute Gasteiger partial charge is 0.384 e. The van der Waals surface area contributed by atoms with Gasteiger partial charge in [-0.25, -0.2) is 0 Å². The molecule has 2 fully saturated rings. The van der Waals surface area contributed by atoms with Gasteiger partial charge in [-0.1, -0.05) is 61.7 Å². The molecule has 0 aromatic heterocycles. The quantitative estimate of drug-likeness (QED) is 0.212. The number of benzene rings is 2. The van der Waals surface area contributed by atoms with E-state index in [-0.39, 0.29) is 29.7 Å². The number of nitrogens with zero attached hydrogens (tertiary/aromatic N) is 2. The third kappa shape index (κ3) is 9.31. The molecule has 2 aromatic carbocycles. The number of amides is 2. The van der Waals surface area contributed by atoms with E-state index in [4.69, 9.17) is 11.1 Å². The molecule has 1 saturated carbocycles. The molecule has 4 rings (SSSR count). The van der Waals surface area contributed by atoms with Gasteiger partial charge in [0.1, 0.15) is 11.9 Å². The van der Waals surface area contributed by atoms with Crippen LogP contribution in [0.5, 0.6) is 0 Å². The summed E-state index contributed by atoms with van der Waals surface area (Å²) in [7, 11) is 1.58. The van der Waals surface area contributed by atoms with E-state index in [1.807, 2.05) is 4.90 Å². The predicted molar refractivity (Wildman–Crippen MR) is 170 cm³/mol. The van der Waals surface area contributed by atoms with Crippen LogP contribution in [-0.2, 0) is 22.2 Å². The van der Waals surface area contributed by atoms with Crippen LogP contribution in [0.25, 0.3) is 0 Å². The van der Waals surface area contributed by atoms with Gasteiger partial charge >= 0.3 is 6.18 Å². The van der Waals surface area contributed by atoms with Crippen molar-refractivity contribution in [3.8, 4) is 0 Å². The Morgan fingerprint density at radius 1 is 1.02 bits per heavy atom. The van der Waals surface area contributed by atoms with E-state index in [0.717, 1.165) is 75.7 Å². The molecule has 1 unspecified atom stereocenters. The van der Waals surface area contributed by atoms with Crippen molar-refractivity contribution >= 4 is 23.5 Å². The van der Waals surface area contributed by atoms with Crippen LogP contribution in [0, 0.1) is 17.2 Å². The minimum Gasteiger partial charge on any atom is -0.384 e. The fourth-order valence-corrected chi connectivity index (χ4v) is 6.42. The summed E-state index contributed by atoms with van der Waals surface area (Å²) in [6, 6.07) is 11.2. The maximum Gasteiger partial charge on any atom is 0.416 e. The van der Waals surface area contributed by atoms with Gasteiger partial charge in [0.15, 0.2) is 0 Å². The van der Waals surface area contributed by atoms with Gasteiger partial charge in [-0.15, -0.1) is 0 Å².